The first-order valence-corrected chi connectivity index (χ1v) is 9.66. The fourth-order valence-corrected chi connectivity index (χ4v) is 4.17. The van der Waals surface area contributed by atoms with Crippen LogP contribution < -0.4 is 10.6 Å². The van der Waals surface area contributed by atoms with Crippen LogP contribution in [0.15, 0.2) is 48.8 Å². The maximum absolute atomic E-state index is 13.1. The molecule has 2 fully saturated rings. The number of rotatable bonds is 3. The van der Waals surface area contributed by atoms with Crippen molar-refractivity contribution in [1.82, 2.24) is 9.88 Å². The van der Waals surface area contributed by atoms with E-state index in [-0.39, 0.29) is 29.1 Å². The van der Waals surface area contributed by atoms with Gasteiger partial charge in [-0.2, -0.15) is 0 Å². The average molecular weight is 398 g/mol. The summed E-state index contributed by atoms with van der Waals surface area (Å²) in [6.45, 7) is 1.95. The number of carbonyl (C=O) groups excluding carboxylic acids is 2. The standard InChI is InChI=1S/C21H23FN4O3/c22-15-3-5-16(6-4-15)25-20(28)26-13-18(21(14-26)7-10-29-11-8-21)19(27)24-17-2-1-9-23-12-17/h1-6,9,12,18H,7-8,10-11,13-14H2,(H,24,27)(H,25,28). The van der Waals surface area contributed by atoms with Crippen LogP contribution in [0.3, 0.4) is 0 Å². The van der Waals surface area contributed by atoms with E-state index in [1.165, 1.54) is 24.3 Å². The molecule has 29 heavy (non-hydrogen) atoms. The van der Waals surface area contributed by atoms with E-state index in [2.05, 4.69) is 15.6 Å². The van der Waals surface area contributed by atoms with E-state index >= 15 is 0 Å². The number of urea groups is 1. The predicted molar refractivity (Wildman–Crippen MR) is 106 cm³/mol. The number of hydrogen-bond acceptors (Lipinski definition) is 4. The van der Waals surface area contributed by atoms with Crippen LogP contribution in [-0.4, -0.2) is 48.1 Å². The van der Waals surface area contributed by atoms with Gasteiger partial charge in [-0.3, -0.25) is 9.78 Å². The van der Waals surface area contributed by atoms with Gasteiger partial charge in [-0.05, 0) is 49.2 Å². The van der Waals surface area contributed by atoms with Gasteiger partial charge in [-0.1, -0.05) is 0 Å². The summed E-state index contributed by atoms with van der Waals surface area (Å²) in [6, 6.07) is 8.87. The lowest BCUT2D eigenvalue weighted by molar-refractivity contribution is -0.124. The number of hydrogen-bond donors (Lipinski definition) is 2. The Morgan fingerprint density at radius 2 is 1.86 bits per heavy atom. The van der Waals surface area contributed by atoms with Gasteiger partial charge >= 0.3 is 6.03 Å². The SMILES string of the molecule is O=C(Nc1cccnc1)C1CN(C(=O)Nc2ccc(F)cc2)CC12CCOCC2. The largest absolute Gasteiger partial charge is 0.381 e. The molecule has 3 amide bonds. The molecule has 2 aliphatic heterocycles. The molecule has 1 unspecified atom stereocenters. The maximum atomic E-state index is 13.1. The summed E-state index contributed by atoms with van der Waals surface area (Å²) >= 11 is 0. The lowest BCUT2D eigenvalue weighted by Gasteiger charge is -2.37. The Kier molecular flexibility index (Phi) is 5.44. The van der Waals surface area contributed by atoms with Crippen LogP contribution in [0.5, 0.6) is 0 Å². The molecule has 7 nitrogen and oxygen atoms in total. The van der Waals surface area contributed by atoms with Crippen molar-refractivity contribution in [2.75, 3.05) is 36.9 Å². The molecule has 0 radical (unpaired) electrons. The second kappa shape index (κ2) is 8.16. The molecule has 1 aromatic heterocycles. The van der Waals surface area contributed by atoms with E-state index in [0.717, 1.165) is 12.8 Å². The highest BCUT2D eigenvalue weighted by molar-refractivity contribution is 5.95. The highest BCUT2D eigenvalue weighted by Crippen LogP contribution is 2.45. The number of carbonyl (C=O) groups is 2. The molecule has 0 saturated carbocycles. The van der Waals surface area contributed by atoms with Gasteiger partial charge in [0.05, 0.1) is 17.8 Å². The summed E-state index contributed by atoms with van der Waals surface area (Å²) in [6.07, 6.45) is 4.69. The Labute approximate surface area is 168 Å². The molecule has 1 spiro atoms. The fourth-order valence-electron chi connectivity index (χ4n) is 4.17. The summed E-state index contributed by atoms with van der Waals surface area (Å²) in [5, 5.41) is 5.72. The first-order valence-electron chi connectivity index (χ1n) is 9.66. The van der Waals surface area contributed by atoms with Gasteiger partial charge in [0.1, 0.15) is 5.82 Å². The van der Waals surface area contributed by atoms with Crippen molar-refractivity contribution in [3.05, 3.63) is 54.6 Å². The quantitative estimate of drug-likeness (QED) is 0.832. The molecule has 8 heteroatoms. The van der Waals surface area contributed by atoms with Gasteiger partial charge in [-0.25, -0.2) is 9.18 Å². The van der Waals surface area contributed by atoms with Crippen LogP contribution in [-0.2, 0) is 9.53 Å². The number of benzene rings is 1. The number of halogens is 1. The molecule has 2 N–H and O–H groups in total. The van der Waals surface area contributed by atoms with Crippen LogP contribution >= 0.6 is 0 Å². The van der Waals surface area contributed by atoms with Crippen molar-refractivity contribution in [2.45, 2.75) is 12.8 Å². The smallest absolute Gasteiger partial charge is 0.321 e. The van der Waals surface area contributed by atoms with E-state index in [9.17, 15) is 14.0 Å². The van der Waals surface area contributed by atoms with E-state index in [1.54, 1.807) is 29.4 Å². The van der Waals surface area contributed by atoms with Crippen LogP contribution in [0.25, 0.3) is 0 Å². The molecule has 1 atom stereocenters. The number of aromatic nitrogens is 1. The third kappa shape index (κ3) is 4.22. The summed E-state index contributed by atoms with van der Waals surface area (Å²) in [4.78, 5) is 31.6. The first-order chi connectivity index (χ1) is 14.1. The molecule has 3 heterocycles. The van der Waals surface area contributed by atoms with Crippen LogP contribution in [0.2, 0.25) is 0 Å². The fraction of sp³-hybridized carbons (Fsp3) is 0.381. The normalized spacial score (nSPS) is 20.4. The Balaban J connectivity index is 1.50. The molecular formula is C21H23FN4O3. The minimum absolute atomic E-state index is 0.114. The number of nitrogens with zero attached hydrogens (tertiary/aromatic N) is 2. The van der Waals surface area contributed by atoms with E-state index in [0.29, 0.717) is 37.7 Å². The van der Waals surface area contributed by atoms with Crippen molar-refractivity contribution in [1.29, 1.82) is 0 Å². The second-order valence-corrected chi connectivity index (χ2v) is 7.58. The molecule has 2 aliphatic rings. The third-order valence-corrected chi connectivity index (χ3v) is 5.76. The Morgan fingerprint density at radius 1 is 1.10 bits per heavy atom. The van der Waals surface area contributed by atoms with Gasteiger partial charge in [-0.15, -0.1) is 0 Å². The van der Waals surface area contributed by atoms with Gasteiger partial charge in [0.2, 0.25) is 5.91 Å². The summed E-state index contributed by atoms with van der Waals surface area (Å²) in [7, 11) is 0. The zero-order chi connectivity index (χ0) is 20.3. The Morgan fingerprint density at radius 3 is 2.55 bits per heavy atom. The Bertz CT molecular complexity index is 869. The van der Waals surface area contributed by atoms with Crippen LogP contribution in [0.4, 0.5) is 20.6 Å². The first kappa shape index (κ1) is 19.3. The third-order valence-electron chi connectivity index (χ3n) is 5.76. The number of pyridine rings is 1. The molecule has 2 aromatic rings. The second-order valence-electron chi connectivity index (χ2n) is 7.58. The number of amides is 3. The van der Waals surface area contributed by atoms with Crippen molar-refractivity contribution in [2.24, 2.45) is 11.3 Å². The average Bonchev–Trinajstić information content (AvgIpc) is 3.10. The van der Waals surface area contributed by atoms with Gasteiger partial charge in [0.25, 0.3) is 0 Å². The molecule has 152 valence electrons. The van der Waals surface area contributed by atoms with Gasteiger partial charge in [0, 0.05) is 43.6 Å². The minimum Gasteiger partial charge on any atom is -0.381 e. The Hall–Kier alpha value is -3.00. The number of likely N-dealkylation sites (tertiary alicyclic amines) is 1. The number of anilines is 2. The molecular weight excluding hydrogens is 375 g/mol. The zero-order valence-electron chi connectivity index (χ0n) is 15.9. The molecule has 0 bridgehead atoms. The van der Waals surface area contributed by atoms with E-state index < -0.39 is 0 Å². The number of ether oxygens (including phenoxy) is 1. The van der Waals surface area contributed by atoms with Crippen molar-refractivity contribution in [3.63, 3.8) is 0 Å². The summed E-state index contributed by atoms with van der Waals surface area (Å²) in [5.41, 5.74) is 0.833. The van der Waals surface area contributed by atoms with Crippen LogP contribution in [0, 0.1) is 17.2 Å². The monoisotopic (exact) mass is 398 g/mol. The van der Waals surface area contributed by atoms with Crippen molar-refractivity contribution in [3.8, 4) is 0 Å². The number of nitrogens with one attached hydrogen (secondary N) is 2. The van der Waals surface area contributed by atoms with E-state index in [4.69, 9.17) is 4.74 Å². The van der Waals surface area contributed by atoms with Crippen molar-refractivity contribution >= 4 is 23.3 Å². The molecule has 4 rings (SSSR count). The lowest BCUT2D eigenvalue weighted by Crippen LogP contribution is -2.42. The summed E-state index contributed by atoms with van der Waals surface area (Å²) < 4.78 is 18.6. The van der Waals surface area contributed by atoms with Gasteiger partial charge < -0.3 is 20.3 Å². The highest BCUT2D eigenvalue weighted by atomic mass is 19.1. The van der Waals surface area contributed by atoms with Gasteiger partial charge in [0.15, 0.2) is 0 Å². The highest BCUT2D eigenvalue weighted by Gasteiger charge is 2.51. The van der Waals surface area contributed by atoms with E-state index in [1.807, 2.05) is 0 Å². The maximum Gasteiger partial charge on any atom is 0.321 e. The summed E-state index contributed by atoms with van der Waals surface area (Å²) in [5.74, 6) is -0.819. The molecule has 1 aromatic carbocycles. The molecule has 0 aliphatic carbocycles. The zero-order valence-corrected chi connectivity index (χ0v) is 15.9. The molecule has 2 saturated heterocycles. The minimum atomic E-state index is -0.363. The topological polar surface area (TPSA) is 83.6 Å². The van der Waals surface area contributed by atoms with Crippen molar-refractivity contribution < 1.29 is 18.7 Å². The predicted octanol–water partition coefficient (Wildman–Crippen LogP) is 3.12. The van der Waals surface area contributed by atoms with Crippen LogP contribution in [0.1, 0.15) is 12.8 Å². The lowest BCUT2D eigenvalue weighted by atomic mass is 9.71.